The second-order valence-electron chi connectivity index (χ2n) is 7.48. The number of nitrogens with one attached hydrogen (secondary N) is 1. The van der Waals surface area contributed by atoms with Gasteiger partial charge in [-0.15, -0.1) is 0 Å². The van der Waals surface area contributed by atoms with E-state index in [-0.39, 0.29) is 24.8 Å². The van der Waals surface area contributed by atoms with Crippen molar-refractivity contribution in [2.24, 2.45) is 0 Å². The molecule has 2 amide bonds. The van der Waals surface area contributed by atoms with E-state index in [1.807, 2.05) is 0 Å². The fraction of sp³-hybridized carbons (Fsp3) is 0.364. The van der Waals surface area contributed by atoms with Crippen LogP contribution >= 0.6 is 0 Å². The van der Waals surface area contributed by atoms with Gasteiger partial charge in [-0.25, -0.2) is 0 Å². The van der Waals surface area contributed by atoms with Gasteiger partial charge >= 0.3 is 12.4 Å². The lowest BCUT2D eigenvalue weighted by molar-refractivity contribution is -0.143. The molecule has 0 aliphatic carbocycles. The molecule has 1 aliphatic rings. The van der Waals surface area contributed by atoms with Crippen molar-refractivity contribution in [2.75, 3.05) is 10.2 Å². The second-order valence-corrected chi connectivity index (χ2v) is 7.48. The van der Waals surface area contributed by atoms with Crippen molar-refractivity contribution in [3.8, 4) is 0 Å². The lowest BCUT2D eigenvalue weighted by atomic mass is 9.94. The number of hydrogen-bond donors (Lipinski definition) is 1. The van der Waals surface area contributed by atoms with Gasteiger partial charge in [-0.3, -0.25) is 14.5 Å². The normalized spacial score (nSPS) is 16.5. The van der Waals surface area contributed by atoms with E-state index in [0.717, 1.165) is 5.56 Å². The summed E-state index contributed by atoms with van der Waals surface area (Å²) < 4.78 is 78.7. The summed E-state index contributed by atoms with van der Waals surface area (Å²) in [7, 11) is 0. The van der Waals surface area contributed by atoms with Gasteiger partial charge in [0.25, 0.3) is 0 Å². The van der Waals surface area contributed by atoms with Gasteiger partial charge < -0.3 is 5.32 Å². The number of fused-ring (bicyclic) bond motifs is 1. The average molecular weight is 458 g/mol. The van der Waals surface area contributed by atoms with E-state index in [1.54, 1.807) is 31.2 Å². The van der Waals surface area contributed by atoms with Crippen molar-refractivity contribution in [3.63, 3.8) is 0 Å². The maximum Gasteiger partial charge on any atom is 0.416 e. The summed E-state index contributed by atoms with van der Waals surface area (Å²) in [5, 5.41) is 2.16. The van der Waals surface area contributed by atoms with Crippen LogP contribution in [0, 0.1) is 0 Å². The largest absolute Gasteiger partial charge is 0.416 e. The Morgan fingerprint density at radius 2 is 1.59 bits per heavy atom. The molecule has 0 saturated heterocycles. The highest BCUT2D eigenvalue weighted by Crippen LogP contribution is 2.38. The van der Waals surface area contributed by atoms with Crippen molar-refractivity contribution in [1.82, 2.24) is 0 Å². The molecule has 1 aliphatic heterocycles. The molecule has 0 aromatic heterocycles. The lowest BCUT2D eigenvalue weighted by Crippen LogP contribution is -2.50. The summed E-state index contributed by atoms with van der Waals surface area (Å²) in [5.41, 5.74) is -2.36. The summed E-state index contributed by atoms with van der Waals surface area (Å²) in [6.07, 6.45) is -8.81. The fourth-order valence-corrected chi connectivity index (χ4v) is 3.69. The molecule has 1 N–H and O–H groups in total. The molecule has 0 bridgehead atoms. The van der Waals surface area contributed by atoms with E-state index in [0.29, 0.717) is 30.7 Å². The Morgan fingerprint density at radius 1 is 1.00 bits per heavy atom. The number of halogens is 6. The Labute approximate surface area is 180 Å². The molecule has 0 radical (unpaired) electrons. The maximum absolute atomic E-state index is 13.1. The molecule has 10 heteroatoms. The first-order valence-corrected chi connectivity index (χ1v) is 9.92. The Bertz CT molecular complexity index is 984. The highest BCUT2D eigenvalue weighted by atomic mass is 19.4. The van der Waals surface area contributed by atoms with Gasteiger partial charge in [0.1, 0.15) is 6.04 Å². The van der Waals surface area contributed by atoms with Crippen LogP contribution in [0.5, 0.6) is 0 Å². The minimum atomic E-state index is -5.03. The quantitative estimate of drug-likeness (QED) is 0.588. The second kappa shape index (κ2) is 8.84. The number of anilines is 2. The van der Waals surface area contributed by atoms with E-state index in [4.69, 9.17) is 0 Å². The van der Waals surface area contributed by atoms with Crippen molar-refractivity contribution in [1.29, 1.82) is 0 Å². The van der Waals surface area contributed by atoms with Crippen molar-refractivity contribution < 1.29 is 35.9 Å². The molecule has 32 heavy (non-hydrogen) atoms. The molecular weight excluding hydrogens is 438 g/mol. The van der Waals surface area contributed by atoms with Crippen LogP contribution in [0.25, 0.3) is 0 Å². The summed E-state index contributed by atoms with van der Waals surface area (Å²) in [6, 6.07) is 6.75. The first-order valence-electron chi connectivity index (χ1n) is 9.92. The zero-order valence-corrected chi connectivity index (χ0v) is 17.0. The predicted octanol–water partition coefficient (Wildman–Crippen LogP) is 5.81. The Kier molecular flexibility index (Phi) is 6.52. The van der Waals surface area contributed by atoms with Gasteiger partial charge in [0.2, 0.25) is 11.8 Å². The molecule has 3 rings (SSSR count). The third-order valence-electron chi connectivity index (χ3n) is 5.14. The average Bonchev–Trinajstić information content (AvgIpc) is 2.71. The third kappa shape index (κ3) is 5.05. The molecule has 0 spiro atoms. The molecule has 2 aromatic rings. The van der Waals surface area contributed by atoms with Crippen LogP contribution in [0.1, 0.15) is 42.9 Å². The van der Waals surface area contributed by atoms with Crippen LogP contribution in [-0.2, 0) is 28.4 Å². The summed E-state index contributed by atoms with van der Waals surface area (Å²) in [4.78, 5) is 27.0. The monoisotopic (exact) mass is 458 g/mol. The summed E-state index contributed by atoms with van der Waals surface area (Å²) in [6.45, 7) is 1.78. The van der Waals surface area contributed by atoms with E-state index in [2.05, 4.69) is 5.32 Å². The van der Waals surface area contributed by atoms with Gasteiger partial charge in [-0.2, -0.15) is 26.3 Å². The minimum absolute atomic E-state index is 0.0103. The van der Waals surface area contributed by atoms with Crippen LogP contribution < -0.4 is 10.2 Å². The number of para-hydroxylation sites is 1. The van der Waals surface area contributed by atoms with Gasteiger partial charge in [-0.1, -0.05) is 25.1 Å². The number of carbonyl (C=O) groups is 2. The molecule has 172 valence electrons. The zero-order valence-electron chi connectivity index (χ0n) is 17.0. The number of nitrogens with zero attached hydrogens (tertiary/aromatic N) is 1. The zero-order chi connectivity index (χ0) is 23.7. The molecule has 1 unspecified atom stereocenters. The minimum Gasteiger partial charge on any atom is -0.324 e. The number of benzene rings is 2. The Morgan fingerprint density at radius 3 is 2.16 bits per heavy atom. The third-order valence-corrected chi connectivity index (χ3v) is 5.14. The van der Waals surface area contributed by atoms with Gasteiger partial charge in [0, 0.05) is 17.8 Å². The van der Waals surface area contributed by atoms with E-state index in [1.165, 1.54) is 4.90 Å². The van der Waals surface area contributed by atoms with Crippen LogP contribution in [0.15, 0.2) is 42.5 Å². The predicted molar refractivity (Wildman–Crippen MR) is 106 cm³/mol. The molecule has 1 atom stereocenters. The number of rotatable bonds is 4. The first kappa shape index (κ1) is 23.6. The molecule has 0 saturated carbocycles. The standard InChI is InChI=1S/C22H20F6N2O2/c1-2-5-19(31)30-17-7-4-3-6-13(17)8-9-18(30)20(32)29-16-11-14(21(23,24)25)10-15(12-16)22(26,27)28/h3-4,6-7,10-12,18H,2,5,8-9H2,1H3,(H,29,32). The van der Waals surface area contributed by atoms with Crippen molar-refractivity contribution in [3.05, 3.63) is 59.2 Å². The first-order chi connectivity index (χ1) is 14.9. The summed E-state index contributed by atoms with van der Waals surface area (Å²) >= 11 is 0. The summed E-state index contributed by atoms with van der Waals surface area (Å²) in [5.74, 6) is -1.20. The van der Waals surface area contributed by atoms with Crippen molar-refractivity contribution >= 4 is 23.2 Å². The van der Waals surface area contributed by atoms with E-state index in [9.17, 15) is 35.9 Å². The number of amides is 2. The maximum atomic E-state index is 13.1. The number of hydrogen-bond acceptors (Lipinski definition) is 2. The van der Waals surface area contributed by atoms with Crippen LogP contribution in [0.3, 0.4) is 0 Å². The van der Waals surface area contributed by atoms with Gasteiger partial charge in [-0.05, 0) is 49.1 Å². The lowest BCUT2D eigenvalue weighted by Gasteiger charge is -2.36. The molecule has 1 heterocycles. The van der Waals surface area contributed by atoms with Crippen LogP contribution in [-0.4, -0.2) is 17.9 Å². The number of aryl methyl sites for hydroxylation is 1. The number of carbonyl (C=O) groups excluding carboxylic acids is 2. The molecule has 0 fully saturated rings. The van der Waals surface area contributed by atoms with E-state index >= 15 is 0 Å². The van der Waals surface area contributed by atoms with Gasteiger partial charge in [0.15, 0.2) is 0 Å². The topological polar surface area (TPSA) is 49.4 Å². The van der Waals surface area contributed by atoms with Crippen LogP contribution in [0.2, 0.25) is 0 Å². The SMILES string of the molecule is CCCC(=O)N1c2ccccc2CCC1C(=O)Nc1cc(C(F)(F)F)cc(C(F)(F)F)c1. The molecular formula is C22H20F6N2O2. The Hall–Kier alpha value is -3.04. The van der Waals surface area contributed by atoms with Gasteiger partial charge in [0.05, 0.1) is 11.1 Å². The van der Waals surface area contributed by atoms with E-state index < -0.39 is 41.1 Å². The molecule has 4 nitrogen and oxygen atoms in total. The Balaban J connectivity index is 1.96. The highest BCUT2D eigenvalue weighted by Gasteiger charge is 2.38. The highest BCUT2D eigenvalue weighted by molar-refractivity contribution is 6.06. The number of alkyl halides is 6. The fourth-order valence-electron chi connectivity index (χ4n) is 3.69. The van der Waals surface area contributed by atoms with Crippen LogP contribution in [0.4, 0.5) is 37.7 Å². The smallest absolute Gasteiger partial charge is 0.324 e. The molecule has 2 aromatic carbocycles. The van der Waals surface area contributed by atoms with Crippen molar-refractivity contribution in [2.45, 2.75) is 51.0 Å².